The zero-order valence-electron chi connectivity index (χ0n) is 12.8. The number of piperidine rings is 1. The van der Waals surface area contributed by atoms with Crippen molar-refractivity contribution in [2.24, 2.45) is 10.9 Å². The lowest BCUT2D eigenvalue weighted by Gasteiger charge is -2.31. The van der Waals surface area contributed by atoms with Crippen molar-refractivity contribution in [3.8, 4) is 0 Å². The average molecular weight is 327 g/mol. The van der Waals surface area contributed by atoms with Gasteiger partial charge in [0.2, 0.25) is 6.40 Å². The quantitative estimate of drug-likeness (QED) is 0.262. The van der Waals surface area contributed by atoms with E-state index in [0.717, 1.165) is 30.1 Å². The molecule has 2 atom stereocenters. The largest absolute Gasteiger partial charge is 0.371 e. The number of aliphatic imine (C=N–C) groups is 1. The van der Waals surface area contributed by atoms with Crippen LogP contribution in [0.5, 0.6) is 0 Å². The van der Waals surface area contributed by atoms with Crippen LogP contribution in [-0.2, 0) is 14.5 Å². The van der Waals surface area contributed by atoms with Gasteiger partial charge in [-0.15, -0.1) is 0 Å². The molecular weight excluding hydrogens is 304 g/mol. The number of benzene rings is 1. The first-order chi connectivity index (χ1) is 10.8. The van der Waals surface area contributed by atoms with E-state index in [0.29, 0.717) is 19.1 Å². The molecule has 1 N–H and O–H groups in total. The SMILES string of the molecule is COO/C=N/CCO[C@@H](c1cccc(Cl)c1)[C@@H]1CCCNC1. The van der Waals surface area contributed by atoms with Crippen LogP contribution >= 0.6 is 11.6 Å². The van der Waals surface area contributed by atoms with Gasteiger partial charge in [-0.05, 0) is 37.1 Å². The van der Waals surface area contributed by atoms with Gasteiger partial charge in [0.05, 0.1) is 26.4 Å². The molecule has 0 aromatic heterocycles. The Morgan fingerprint density at radius 2 is 2.41 bits per heavy atom. The Balaban J connectivity index is 1.95. The normalized spacial score (nSPS) is 20.2. The number of nitrogens with one attached hydrogen (secondary N) is 1. The lowest BCUT2D eigenvalue weighted by atomic mass is 9.89. The van der Waals surface area contributed by atoms with Crippen molar-refractivity contribution in [3.63, 3.8) is 0 Å². The van der Waals surface area contributed by atoms with E-state index >= 15 is 0 Å². The van der Waals surface area contributed by atoms with Crippen LogP contribution in [0.25, 0.3) is 0 Å². The second kappa shape index (κ2) is 9.79. The predicted molar refractivity (Wildman–Crippen MR) is 87.2 cm³/mol. The molecule has 0 saturated carbocycles. The number of halogens is 1. The third kappa shape index (κ3) is 5.57. The van der Waals surface area contributed by atoms with Gasteiger partial charge >= 0.3 is 0 Å². The Bertz CT molecular complexity index is 464. The summed E-state index contributed by atoms with van der Waals surface area (Å²) in [6.45, 7) is 3.10. The van der Waals surface area contributed by atoms with E-state index in [-0.39, 0.29) is 6.10 Å². The van der Waals surface area contributed by atoms with Gasteiger partial charge in [0.25, 0.3) is 0 Å². The van der Waals surface area contributed by atoms with E-state index in [9.17, 15) is 0 Å². The van der Waals surface area contributed by atoms with Gasteiger partial charge in [0, 0.05) is 17.5 Å². The highest BCUT2D eigenvalue weighted by Gasteiger charge is 2.25. The molecule has 22 heavy (non-hydrogen) atoms. The molecule has 0 radical (unpaired) electrons. The van der Waals surface area contributed by atoms with Gasteiger partial charge < -0.3 is 14.9 Å². The van der Waals surface area contributed by atoms with Crippen LogP contribution in [-0.4, -0.2) is 39.8 Å². The number of hydrogen-bond donors (Lipinski definition) is 1. The lowest BCUT2D eigenvalue weighted by Crippen LogP contribution is -2.34. The highest BCUT2D eigenvalue weighted by atomic mass is 35.5. The predicted octanol–water partition coefficient (Wildman–Crippen LogP) is 3.00. The molecule has 1 saturated heterocycles. The fourth-order valence-electron chi connectivity index (χ4n) is 2.68. The molecule has 5 nitrogen and oxygen atoms in total. The third-order valence-corrected chi connectivity index (χ3v) is 3.91. The van der Waals surface area contributed by atoms with E-state index < -0.39 is 0 Å². The van der Waals surface area contributed by atoms with Crippen molar-refractivity contribution in [2.45, 2.75) is 18.9 Å². The minimum atomic E-state index is 0.0324. The van der Waals surface area contributed by atoms with E-state index in [2.05, 4.69) is 26.2 Å². The molecule has 1 aromatic rings. The molecule has 0 amide bonds. The number of nitrogens with zero attached hydrogens (tertiary/aromatic N) is 1. The van der Waals surface area contributed by atoms with E-state index in [1.165, 1.54) is 19.9 Å². The van der Waals surface area contributed by atoms with Crippen molar-refractivity contribution in [3.05, 3.63) is 34.9 Å². The third-order valence-electron chi connectivity index (χ3n) is 3.67. The molecule has 0 unspecified atom stereocenters. The van der Waals surface area contributed by atoms with Crippen LogP contribution in [0.4, 0.5) is 0 Å². The van der Waals surface area contributed by atoms with Crippen molar-refractivity contribution >= 4 is 18.0 Å². The summed E-state index contributed by atoms with van der Waals surface area (Å²) in [7, 11) is 1.44. The van der Waals surface area contributed by atoms with Crippen LogP contribution < -0.4 is 5.32 Å². The molecule has 1 heterocycles. The van der Waals surface area contributed by atoms with Crippen LogP contribution in [0.2, 0.25) is 5.02 Å². The molecule has 0 bridgehead atoms. The van der Waals surface area contributed by atoms with E-state index in [1.807, 2.05) is 18.2 Å². The lowest BCUT2D eigenvalue weighted by molar-refractivity contribution is -0.188. The van der Waals surface area contributed by atoms with Gasteiger partial charge in [-0.2, -0.15) is 4.89 Å². The summed E-state index contributed by atoms with van der Waals surface area (Å²) in [6, 6.07) is 7.91. The Hall–Kier alpha value is -1.14. The van der Waals surface area contributed by atoms with Crippen LogP contribution in [0, 0.1) is 5.92 Å². The maximum atomic E-state index is 6.12. The van der Waals surface area contributed by atoms with Gasteiger partial charge in [0.15, 0.2) is 0 Å². The molecule has 0 spiro atoms. The molecule has 1 aliphatic heterocycles. The fraction of sp³-hybridized carbons (Fsp3) is 0.562. The molecular formula is C16H23ClN2O3. The van der Waals surface area contributed by atoms with Gasteiger partial charge in [0.1, 0.15) is 0 Å². The molecule has 122 valence electrons. The van der Waals surface area contributed by atoms with Crippen molar-refractivity contribution in [2.75, 3.05) is 33.4 Å². The first-order valence-corrected chi connectivity index (χ1v) is 7.94. The maximum absolute atomic E-state index is 6.12. The highest BCUT2D eigenvalue weighted by Crippen LogP contribution is 2.31. The van der Waals surface area contributed by atoms with E-state index in [1.54, 1.807) is 0 Å². The van der Waals surface area contributed by atoms with Gasteiger partial charge in [-0.3, -0.25) is 4.99 Å². The molecule has 0 aliphatic carbocycles. The Morgan fingerprint density at radius 3 is 3.14 bits per heavy atom. The fourth-order valence-corrected chi connectivity index (χ4v) is 2.88. The average Bonchev–Trinajstić information content (AvgIpc) is 2.55. The summed E-state index contributed by atoms with van der Waals surface area (Å²) in [5, 5.41) is 4.18. The van der Waals surface area contributed by atoms with Crippen molar-refractivity contribution < 1.29 is 14.5 Å². The standard InChI is InChI=1S/C16H23ClN2O3/c1-20-22-12-19-8-9-21-16(14-5-3-7-18-11-14)13-4-2-6-15(17)10-13/h2,4,6,10,12,14,16,18H,3,5,7-9,11H2,1H3/b19-12+/t14-,16+/m1/s1. The monoisotopic (exact) mass is 326 g/mol. The smallest absolute Gasteiger partial charge is 0.214 e. The topological polar surface area (TPSA) is 52.1 Å². The summed E-state index contributed by atoms with van der Waals surface area (Å²) in [5.74, 6) is 0.450. The maximum Gasteiger partial charge on any atom is 0.214 e. The van der Waals surface area contributed by atoms with Crippen molar-refractivity contribution in [1.29, 1.82) is 0 Å². The summed E-state index contributed by atoms with van der Waals surface area (Å²) < 4.78 is 6.09. The first kappa shape index (κ1) is 17.2. The second-order valence-electron chi connectivity index (χ2n) is 5.23. The minimum absolute atomic E-state index is 0.0324. The zero-order valence-corrected chi connectivity index (χ0v) is 13.6. The first-order valence-electron chi connectivity index (χ1n) is 7.57. The molecule has 6 heteroatoms. The summed E-state index contributed by atoms with van der Waals surface area (Å²) >= 11 is 6.12. The number of hydrogen-bond acceptors (Lipinski definition) is 5. The van der Waals surface area contributed by atoms with Crippen LogP contribution in [0.1, 0.15) is 24.5 Å². The summed E-state index contributed by atoms with van der Waals surface area (Å²) in [4.78, 5) is 13.1. The number of ether oxygens (including phenoxy) is 1. The van der Waals surface area contributed by atoms with Crippen molar-refractivity contribution in [1.82, 2.24) is 5.32 Å². The minimum Gasteiger partial charge on any atom is -0.371 e. The van der Waals surface area contributed by atoms with Crippen LogP contribution in [0.3, 0.4) is 0 Å². The number of rotatable bonds is 8. The Labute approximate surface area is 136 Å². The van der Waals surface area contributed by atoms with Gasteiger partial charge in [-0.25, -0.2) is 0 Å². The molecule has 1 aliphatic rings. The summed E-state index contributed by atoms with van der Waals surface area (Å²) in [5.41, 5.74) is 1.12. The van der Waals surface area contributed by atoms with Crippen LogP contribution in [0.15, 0.2) is 29.3 Å². The molecule has 1 aromatic carbocycles. The van der Waals surface area contributed by atoms with Gasteiger partial charge in [-0.1, -0.05) is 23.7 Å². The Morgan fingerprint density at radius 1 is 1.50 bits per heavy atom. The van der Waals surface area contributed by atoms with E-state index in [4.69, 9.17) is 16.3 Å². The highest BCUT2D eigenvalue weighted by molar-refractivity contribution is 6.30. The summed E-state index contributed by atoms with van der Waals surface area (Å²) in [6.07, 6.45) is 3.63. The Kier molecular flexibility index (Phi) is 7.66. The second-order valence-corrected chi connectivity index (χ2v) is 5.66. The molecule has 1 fully saturated rings. The molecule has 2 rings (SSSR count). The zero-order chi connectivity index (χ0) is 15.6.